The third-order valence-electron chi connectivity index (χ3n) is 2.16. The number of nitrogens with one attached hydrogen (secondary N) is 1. The summed E-state index contributed by atoms with van der Waals surface area (Å²) in [6.07, 6.45) is 0.135. The summed E-state index contributed by atoms with van der Waals surface area (Å²) >= 11 is 0. The Hall–Kier alpha value is -1.62. The van der Waals surface area contributed by atoms with Crippen molar-refractivity contribution in [2.75, 3.05) is 18.5 Å². The van der Waals surface area contributed by atoms with Gasteiger partial charge in [0.15, 0.2) is 5.69 Å². The van der Waals surface area contributed by atoms with Gasteiger partial charge in [0.25, 0.3) is 0 Å². The van der Waals surface area contributed by atoms with Crippen LogP contribution in [0.5, 0.6) is 0 Å². The molecular formula is C14H22N2O3. The Kier molecular flexibility index (Phi) is 6.29. The minimum atomic E-state index is -0.431. The summed E-state index contributed by atoms with van der Waals surface area (Å²) in [4.78, 5) is 16.0. The lowest BCUT2D eigenvalue weighted by Gasteiger charge is -2.10. The molecule has 1 rings (SSSR count). The second kappa shape index (κ2) is 7.74. The maximum absolute atomic E-state index is 11.8. The van der Waals surface area contributed by atoms with Crippen LogP contribution in [0, 0.1) is 0 Å². The number of carbonyl (C=O) groups excluding carboxylic acids is 1. The van der Waals surface area contributed by atoms with Crippen LogP contribution >= 0.6 is 0 Å². The van der Waals surface area contributed by atoms with E-state index in [-0.39, 0.29) is 18.8 Å². The van der Waals surface area contributed by atoms with Crippen LogP contribution in [0.15, 0.2) is 18.2 Å². The van der Waals surface area contributed by atoms with E-state index in [0.29, 0.717) is 18.1 Å². The Morgan fingerprint density at radius 1 is 1.26 bits per heavy atom. The smallest absolute Gasteiger partial charge is 0.357 e. The van der Waals surface area contributed by atoms with Crippen LogP contribution < -0.4 is 5.32 Å². The first kappa shape index (κ1) is 15.4. The molecule has 1 N–H and O–H groups in total. The van der Waals surface area contributed by atoms with Gasteiger partial charge < -0.3 is 14.8 Å². The monoisotopic (exact) mass is 266 g/mol. The zero-order valence-corrected chi connectivity index (χ0v) is 12.0. The number of rotatable bonds is 7. The van der Waals surface area contributed by atoms with Crippen molar-refractivity contribution >= 4 is 11.8 Å². The van der Waals surface area contributed by atoms with Crippen molar-refractivity contribution < 1.29 is 14.3 Å². The standard InChI is InChI=1S/C14H22N2O3/c1-10(2)15-13-7-5-6-12(16-13)14(17)19-9-8-18-11(3)4/h5-7,10-11H,8-9H2,1-4H3,(H,15,16). The minimum absolute atomic E-state index is 0.135. The fourth-order valence-electron chi connectivity index (χ4n) is 1.42. The lowest BCUT2D eigenvalue weighted by atomic mass is 10.3. The van der Waals surface area contributed by atoms with Crippen LogP contribution in [-0.2, 0) is 9.47 Å². The van der Waals surface area contributed by atoms with E-state index in [2.05, 4.69) is 10.3 Å². The lowest BCUT2D eigenvalue weighted by molar-refractivity contribution is 0.0173. The number of aromatic nitrogens is 1. The maximum Gasteiger partial charge on any atom is 0.357 e. The molecule has 0 bridgehead atoms. The number of nitrogens with zero attached hydrogens (tertiary/aromatic N) is 1. The third kappa shape index (κ3) is 6.20. The summed E-state index contributed by atoms with van der Waals surface area (Å²) in [5.74, 6) is 0.239. The van der Waals surface area contributed by atoms with E-state index < -0.39 is 5.97 Å². The molecule has 0 unspecified atom stereocenters. The van der Waals surface area contributed by atoms with Gasteiger partial charge in [-0.1, -0.05) is 6.07 Å². The second-order valence-electron chi connectivity index (χ2n) is 4.76. The van der Waals surface area contributed by atoms with Gasteiger partial charge in [-0.25, -0.2) is 9.78 Å². The maximum atomic E-state index is 11.8. The highest BCUT2D eigenvalue weighted by atomic mass is 16.6. The van der Waals surface area contributed by atoms with Gasteiger partial charge in [0.1, 0.15) is 12.4 Å². The van der Waals surface area contributed by atoms with Gasteiger partial charge >= 0.3 is 5.97 Å². The molecule has 0 saturated heterocycles. The number of esters is 1. The fourth-order valence-corrected chi connectivity index (χ4v) is 1.42. The molecule has 19 heavy (non-hydrogen) atoms. The van der Waals surface area contributed by atoms with Crippen molar-refractivity contribution in [3.05, 3.63) is 23.9 Å². The molecule has 0 radical (unpaired) electrons. The highest BCUT2D eigenvalue weighted by molar-refractivity contribution is 5.87. The first-order chi connectivity index (χ1) is 8.99. The number of ether oxygens (including phenoxy) is 2. The summed E-state index contributed by atoms with van der Waals surface area (Å²) in [6, 6.07) is 5.49. The molecule has 0 aromatic carbocycles. The summed E-state index contributed by atoms with van der Waals surface area (Å²) in [5, 5.41) is 3.14. The third-order valence-corrected chi connectivity index (χ3v) is 2.16. The van der Waals surface area contributed by atoms with Crippen LogP contribution in [0.25, 0.3) is 0 Å². The molecule has 0 spiro atoms. The minimum Gasteiger partial charge on any atom is -0.459 e. The molecule has 0 aliphatic heterocycles. The van der Waals surface area contributed by atoms with Gasteiger partial charge in [0.05, 0.1) is 12.7 Å². The predicted octanol–water partition coefficient (Wildman–Crippen LogP) is 2.48. The van der Waals surface area contributed by atoms with E-state index in [1.165, 1.54) is 0 Å². The van der Waals surface area contributed by atoms with Gasteiger partial charge in [-0.3, -0.25) is 0 Å². The van der Waals surface area contributed by atoms with Gasteiger partial charge in [-0.15, -0.1) is 0 Å². The molecule has 106 valence electrons. The van der Waals surface area contributed by atoms with Crippen molar-refractivity contribution in [1.29, 1.82) is 0 Å². The molecule has 5 nitrogen and oxygen atoms in total. The van der Waals surface area contributed by atoms with E-state index in [9.17, 15) is 4.79 Å². The fraction of sp³-hybridized carbons (Fsp3) is 0.571. The summed E-state index contributed by atoms with van der Waals surface area (Å²) in [7, 11) is 0. The van der Waals surface area contributed by atoms with Crippen LogP contribution in [0.2, 0.25) is 0 Å². The zero-order valence-electron chi connectivity index (χ0n) is 12.0. The van der Waals surface area contributed by atoms with Crippen molar-refractivity contribution in [2.24, 2.45) is 0 Å². The van der Waals surface area contributed by atoms with E-state index >= 15 is 0 Å². The van der Waals surface area contributed by atoms with Crippen molar-refractivity contribution in [3.63, 3.8) is 0 Å². The molecule has 0 saturated carbocycles. The topological polar surface area (TPSA) is 60.5 Å². The van der Waals surface area contributed by atoms with Gasteiger partial charge in [0.2, 0.25) is 0 Å². The van der Waals surface area contributed by atoms with Crippen LogP contribution in [-0.4, -0.2) is 36.3 Å². The number of hydrogen-bond acceptors (Lipinski definition) is 5. The normalized spacial score (nSPS) is 10.8. The number of carbonyl (C=O) groups is 1. The molecule has 0 amide bonds. The Morgan fingerprint density at radius 2 is 2.00 bits per heavy atom. The highest BCUT2D eigenvalue weighted by Crippen LogP contribution is 2.07. The molecule has 0 atom stereocenters. The Balaban J connectivity index is 2.47. The molecule has 0 fully saturated rings. The number of anilines is 1. The van der Waals surface area contributed by atoms with E-state index in [0.717, 1.165) is 0 Å². The Labute approximate surface area is 114 Å². The predicted molar refractivity (Wildman–Crippen MR) is 74.4 cm³/mol. The first-order valence-electron chi connectivity index (χ1n) is 6.51. The SMILES string of the molecule is CC(C)Nc1cccc(C(=O)OCCOC(C)C)n1. The summed E-state index contributed by atoms with van der Waals surface area (Å²) in [5.41, 5.74) is 0.301. The van der Waals surface area contributed by atoms with Crippen LogP contribution in [0.1, 0.15) is 38.2 Å². The summed E-state index contributed by atoms with van der Waals surface area (Å²) in [6.45, 7) is 8.52. The molecule has 1 aromatic rings. The van der Waals surface area contributed by atoms with E-state index in [4.69, 9.17) is 9.47 Å². The van der Waals surface area contributed by atoms with E-state index in [1.54, 1.807) is 12.1 Å². The molecule has 5 heteroatoms. The van der Waals surface area contributed by atoms with Gasteiger partial charge in [0, 0.05) is 6.04 Å². The average molecular weight is 266 g/mol. The molecule has 1 heterocycles. The molecular weight excluding hydrogens is 244 g/mol. The molecule has 1 aromatic heterocycles. The first-order valence-corrected chi connectivity index (χ1v) is 6.51. The van der Waals surface area contributed by atoms with Crippen molar-refractivity contribution in [2.45, 2.75) is 39.8 Å². The van der Waals surface area contributed by atoms with Gasteiger partial charge in [-0.2, -0.15) is 0 Å². The quantitative estimate of drug-likeness (QED) is 0.607. The molecule has 0 aliphatic carbocycles. The zero-order chi connectivity index (χ0) is 14.3. The average Bonchev–Trinajstić information content (AvgIpc) is 2.33. The van der Waals surface area contributed by atoms with E-state index in [1.807, 2.05) is 33.8 Å². The molecule has 0 aliphatic rings. The Bertz CT molecular complexity index is 405. The van der Waals surface area contributed by atoms with Crippen LogP contribution in [0.3, 0.4) is 0 Å². The second-order valence-corrected chi connectivity index (χ2v) is 4.76. The van der Waals surface area contributed by atoms with Crippen LogP contribution in [0.4, 0.5) is 5.82 Å². The number of pyridine rings is 1. The summed E-state index contributed by atoms with van der Waals surface area (Å²) < 4.78 is 10.4. The lowest BCUT2D eigenvalue weighted by Crippen LogP contribution is -2.16. The van der Waals surface area contributed by atoms with Crippen molar-refractivity contribution in [3.8, 4) is 0 Å². The Morgan fingerprint density at radius 3 is 2.63 bits per heavy atom. The van der Waals surface area contributed by atoms with Crippen molar-refractivity contribution in [1.82, 2.24) is 4.98 Å². The largest absolute Gasteiger partial charge is 0.459 e. The van der Waals surface area contributed by atoms with Gasteiger partial charge in [-0.05, 0) is 39.8 Å². The number of hydrogen-bond donors (Lipinski definition) is 1. The highest BCUT2D eigenvalue weighted by Gasteiger charge is 2.09.